The van der Waals surface area contributed by atoms with Gasteiger partial charge in [-0.05, 0) is 57.5 Å². The minimum atomic E-state index is -3.83. The lowest BCUT2D eigenvalue weighted by molar-refractivity contribution is -0.139. The number of sulfonamides is 1. The van der Waals surface area contributed by atoms with Gasteiger partial charge in [0.05, 0.1) is 11.4 Å². The Kier molecular flexibility index (Phi) is 8.50. The minimum absolute atomic E-state index is 0.0373. The quantitative estimate of drug-likeness (QED) is 0.513. The van der Waals surface area contributed by atoms with E-state index < -0.39 is 28.5 Å². The Morgan fingerprint density at radius 2 is 1.71 bits per heavy atom. The lowest BCUT2D eigenvalue weighted by Gasteiger charge is -2.32. The van der Waals surface area contributed by atoms with Crippen LogP contribution in [0.15, 0.2) is 42.5 Å². The average Bonchev–Trinajstić information content (AvgIpc) is 3.29. The standard InChI is InChI=1S/C24H30ClN3O6S/c1-5-35(31,32)28(20-10-11-21-22(12-20)34-15-33-21)14-23(29)27(17(4)24(30)26-16(2)3)13-18-6-8-19(25)9-7-18/h6-12,16-17H,5,13-15H2,1-4H3,(H,26,30)/t17-/m1/s1. The van der Waals surface area contributed by atoms with E-state index in [2.05, 4.69) is 5.32 Å². The number of ether oxygens (including phenoxy) is 2. The summed E-state index contributed by atoms with van der Waals surface area (Å²) < 4.78 is 37.7. The summed E-state index contributed by atoms with van der Waals surface area (Å²) in [7, 11) is -3.83. The van der Waals surface area contributed by atoms with Crippen LogP contribution in [0.1, 0.15) is 33.3 Å². The lowest BCUT2D eigenvalue weighted by atomic mass is 10.1. The molecule has 1 aliphatic heterocycles. The first-order valence-electron chi connectivity index (χ1n) is 11.3. The zero-order valence-electron chi connectivity index (χ0n) is 20.2. The summed E-state index contributed by atoms with van der Waals surface area (Å²) in [6.45, 7) is 6.42. The van der Waals surface area contributed by atoms with Gasteiger partial charge in [0, 0.05) is 23.7 Å². The summed E-state index contributed by atoms with van der Waals surface area (Å²) in [6, 6.07) is 10.6. The highest BCUT2D eigenvalue weighted by atomic mass is 35.5. The third kappa shape index (κ3) is 6.58. The van der Waals surface area contributed by atoms with E-state index in [1.165, 1.54) is 17.9 Å². The van der Waals surface area contributed by atoms with Gasteiger partial charge in [-0.15, -0.1) is 0 Å². The largest absolute Gasteiger partial charge is 0.454 e. The fourth-order valence-corrected chi connectivity index (χ4v) is 4.71. The van der Waals surface area contributed by atoms with Crippen molar-refractivity contribution in [1.29, 1.82) is 0 Å². The van der Waals surface area contributed by atoms with Crippen molar-refractivity contribution >= 4 is 39.1 Å². The van der Waals surface area contributed by atoms with E-state index in [1.54, 1.807) is 43.3 Å². The minimum Gasteiger partial charge on any atom is -0.454 e. The van der Waals surface area contributed by atoms with E-state index in [0.717, 1.165) is 9.87 Å². The number of hydrogen-bond donors (Lipinski definition) is 1. The van der Waals surface area contributed by atoms with E-state index in [-0.39, 0.29) is 36.7 Å². The van der Waals surface area contributed by atoms with Crippen molar-refractivity contribution in [3.8, 4) is 11.5 Å². The summed E-state index contributed by atoms with van der Waals surface area (Å²) in [6.07, 6.45) is 0. The van der Waals surface area contributed by atoms with Gasteiger partial charge in [-0.25, -0.2) is 8.42 Å². The predicted octanol–water partition coefficient (Wildman–Crippen LogP) is 3.17. The molecule has 0 fully saturated rings. The maximum atomic E-state index is 13.6. The molecule has 0 saturated carbocycles. The van der Waals surface area contributed by atoms with E-state index in [9.17, 15) is 18.0 Å². The van der Waals surface area contributed by atoms with E-state index in [1.807, 2.05) is 13.8 Å². The van der Waals surface area contributed by atoms with Gasteiger partial charge in [-0.3, -0.25) is 13.9 Å². The fraction of sp³-hybridized carbons (Fsp3) is 0.417. The first kappa shape index (κ1) is 26.6. The smallest absolute Gasteiger partial charge is 0.244 e. The second-order valence-electron chi connectivity index (χ2n) is 8.43. The molecule has 9 nitrogen and oxygen atoms in total. The van der Waals surface area contributed by atoms with Crippen LogP contribution in [0, 0.1) is 0 Å². The van der Waals surface area contributed by atoms with Gasteiger partial charge in [0.25, 0.3) is 0 Å². The second-order valence-corrected chi connectivity index (χ2v) is 11.1. The zero-order valence-corrected chi connectivity index (χ0v) is 21.7. The molecule has 11 heteroatoms. The Morgan fingerprint density at radius 3 is 2.34 bits per heavy atom. The number of halogens is 1. The summed E-state index contributed by atoms with van der Waals surface area (Å²) >= 11 is 5.99. The molecule has 0 bridgehead atoms. The van der Waals surface area contributed by atoms with Crippen LogP contribution in [-0.2, 0) is 26.2 Å². The van der Waals surface area contributed by atoms with E-state index >= 15 is 0 Å². The van der Waals surface area contributed by atoms with Gasteiger partial charge >= 0.3 is 0 Å². The van der Waals surface area contributed by atoms with Gasteiger partial charge in [-0.1, -0.05) is 23.7 Å². The molecule has 0 radical (unpaired) electrons. The molecule has 2 aromatic rings. The molecule has 1 heterocycles. The van der Waals surface area contributed by atoms with Crippen LogP contribution < -0.4 is 19.1 Å². The normalized spacial score (nSPS) is 13.4. The number of carbonyl (C=O) groups excluding carboxylic acids is 2. The highest BCUT2D eigenvalue weighted by molar-refractivity contribution is 7.92. The van der Waals surface area contributed by atoms with Crippen LogP contribution in [0.25, 0.3) is 0 Å². The number of amides is 2. The van der Waals surface area contributed by atoms with Crippen LogP contribution in [0.4, 0.5) is 5.69 Å². The number of nitrogens with zero attached hydrogens (tertiary/aromatic N) is 2. The number of hydrogen-bond acceptors (Lipinski definition) is 6. The molecule has 0 aliphatic carbocycles. The number of rotatable bonds is 10. The Labute approximate surface area is 211 Å². The molecule has 0 unspecified atom stereocenters. The van der Waals surface area contributed by atoms with Gasteiger partial charge in [0.2, 0.25) is 28.6 Å². The van der Waals surface area contributed by atoms with Crippen LogP contribution >= 0.6 is 11.6 Å². The Morgan fingerprint density at radius 1 is 1.06 bits per heavy atom. The molecular weight excluding hydrogens is 494 g/mol. The van der Waals surface area contributed by atoms with Crippen LogP contribution in [-0.4, -0.2) is 56.3 Å². The van der Waals surface area contributed by atoms with Gasteiger partial charge in [0.1, 0.15) is 12.6 Å². The Bertz CT molecular complexity index is 1170. The topological polar surface area (TPSA) is 105 Å². The van der Waals surface area contributed by atoms with Crippen molar-refractivity contribution in [2.45, 2.75) is 46.3 Å². The van der Waals surface area contributed by atoms with Gasteiger partial charge in [-0.2, -0.15) is 0 Å². The zero-order chi connectivity index (χ0) is 25.8. The molecule has 0 saturated heterocycles. The molecule has 1 atom stereocenters. The summed E-state index contributed by atoms with van der Waals surface area (Å²) in [4.78, 5) is 27.7. The van der Waals surface area contributed by atoms with Crippen molar-refractivity contribution in [2.24, 2.45) is 0 Å². The van der Waals surface area contributed by atoms with Crippen LogP contribution in [0.5, 0.6) is 11.5 Å². The number of fused-ring (bicyclic) bond motifs is 1. The SMILES string of the molecule is CCS(=O)(=O)N(CC(=O)N(Cc1ccc(Cl)cc1)[C@H](C)C(=O)NC(C)C)c1ccc2c(c1)OCO2. The summed E-state index contributed by atoms with van der Waals surface area (Å²) in [5.74, 6) is -0.183. The maximum Gasteiger partial charge on any atom is 0.244 e. The number of carbonyl (C=O) groups is 2. The van der Waals surface area contributed by atoms with Gasteiger partial charge < -0.3 is 19.7 Å². The lowest BCUT2D eigenvalue weighted by Crippen LogP contribution is -2.52. The highest BCUT2D eigenvalue weighted by Crippen LogP contribution is 2.36. The Hall–Kier alpha value is -2.98. The molecule has 0 spiro atoms. The predicted molar refractivity (Wildman–Crippen MR) is 134 cm³/mol. The Balaban J connectivity index is 1.93. The van der Waals surface area contributed by atoms with Crippen LogP contribution in [0.3, 0.4) is 0 Å². The number of anilines is 1. The molecular formula is C24H30ClN3O6S. The second kappa shape index (κ2) is 11.2. The summed E-state index contributed by atoms with van der Waals surface area (Å²) in [5, 5.41) is 3.35. The highest BCUT2D eigenvalue weighted by Gasteiger charge is 2.31. The summed E-state index contributed by atoms with van der Waals surface area (Å²) in [5.41, 5.74) is 1.02. The number of benzene rings is 2. The third-order valence-electron chi connectivity index (χ3n) is 5.49. The van der Waals surface area contributed by atoms with Crippen molar-refractivity contribution in [3.63, 3.8) is 0 Å². The van der Waals surface area contributed by atoms with Crippen molar-refractivity contribution in [1.82, 2.24) is 10.2 Å². The molecule has 190 valence electrons. The maximum absolute atomic E-state index is 13.6. The molecule has 2 amide bonds. The van der Waals surface area contributed by atoms with Crippen molar-refractivity contribution in [2.75, 3.05) is 23.4 Å². The van der Waals surface area contributed by atoms with E-state index in [0.29, 0.717) is 16.5 Å². The fourth-order valence-electron chi connectivity index (χ4n) is 3.53. The van der Waals surface area contributed by atoms with Gasteiger partial charge in [0.15, 0.2) is 11.5 Å². The molecule has 0 aromatic heterocycles. The van der Waals surface area contributed by atoms with E-state index in [4.69, 9.17) is 21.1 Å². The molecule has 3 rings (SSSR count). The van der Waals surface area contributed by atoms with Crippen LogP contribution in [0.2, 0.25) is 5.02 Å². The van der Waals surface area contributed by atoms with Crippen molar-refractivity contribution in [3.05, 3.63) is 53.1 Å². The number of nitrogens with one attached hydrogen (secondary N) is 1. The molecule has 1 N–H and O–H groups in total. The molecule has 2 aromatic carbocycles. The monoisotopic (exact) mass is 523 g/mol. The molecule has 35 heavy (non-hydrogen) atoms. The molecule has 1 aliphatic rings. The third-order valence-corrected chi connectivity index (χ3v) is 7.48. The first-order chi connectivity index (χ1) is 16.5. The van der Waals surface area contributed by atoms with Crippen molar-refractivity contribution < 1.29 is 27.5 Å². The average molecular weight is 524 g/mol. The first-order valence-corrected chi connectivity index (χ1v) is 13.2.